The fourth-order valence-corrected chi connectivity index (χ4v) is 3.33. The molecule has 0 aliphatic heterocycles. The van der Waals surface area contributed by atoms with Crippen LogP contribution in [0.15, 0.2) is 72.2 Å². The highest BCUT2D eigenvalue weighted by molar-refractivity contribution is 7.90. The number of hydrogen-bond acceptors (Lipinski definition) is 4. The van der Waals surface area contributed by atoms with E-state index in [1.165, 1.54) is 36.7 Å². The lowest BCUT2D eigenvalue weighted by Gasteiger charge is -2.07. The average Bonchev–Trinajstić information content (AvgIpc) is 3.25. The molecule has 0 aliphatic rings. The number of benzene rings is 1. The molecule has 8 heteroatoms. The van der Waals surface area contributed by atoms with E-state index in [4.69, 9.17) is 5.11 Å². The highest BCUT2D eigenvalue weighted by atomic mass is 32.2. The van der Waals surface area contributed by atoms with E-state index < -0.39 is 16.0 Å². The Morgan fingerprint density at radius 3 is 2.50 bits per heavy atom. The summed E-state index contributed by atoms with van der Waals surface area (Å²) in [6.45, 7) is 0. The van der Waals surface area contributed by atoms with Crippen molar-refractivity contribution in [1.82, 2.24) is 13.8 Å². The van der Waals surface area contributed by atoms with Gasteiger partial charge in [-0.25, -0.2) is 21.9 Å². The normalized spacial score (nSPS) is 11.8. The number of carboxylic acids is 1. The van der Waals surface area contributed by atoms with Gasteiger partial charge in [-0.2, -0.15) is 5.10 Å². The van der Waals surface area contributed by atoms with Gasteiger partial charge in [0.05, 0.1) is 10.6 Å². The summed E-state index contributed by atoms with van der Waals surface area (Å²) in [7, 11) is -3.74. The standard InChI is InChI=1S/C16H13N3O4S/c20-16(21)7-2-13-8-11-18(12-13)24(22,23)15-5-3-14(4-6-15)19-10-1-9-17-19/h1-12H,(H,20,21). The first-order chi connectivity index (χ1) is 11.5. The van der Waals surface area contributed by atoms with Crippen molar-refractivity contribution < 1.29 is 18.3 Å². The molecule has 1 N–H and O–H groups in total. The third-order valence-corrected chi connectivity index (χ3v) is 4.94. The first-order valence-electron chi connectivity index (χ1n) is 6.91. The van der Waals surface area contributed by atoms with E-state index in [1.54, 1.807) is 35.3 Å². The van der Waals surface area contributed by atoms with Gasteiger partial charge in [-0.05, 0) is 48.0 Å². The zero-order valence-electron chi connectivity index (χ0n) is 12.4. The molecule has 0 atom stereocenters. The summed E-state index contributed by atoms with van der Waals surface area (Å²) in [5.41, 5.74) is 1.23. The van der Waals surface area contributed by atoms with Crippen LogP contribution in [0.5, 0.6) is 0 Å². The van der Waals surface area contributed by atoms with Crippen LogP contribution in [-0.2, 0) is 14.8 Å². The van der Waals surface area contributed by atoms with Gasteiger partial charge in [-0.15, -0.1) is 0 Å². The van der Waals surface area contributed by atoms with Crippen LogP contribution in [0, 0.1) is 0 Å². The van der Waals surface area contributed by atoms with Crippen molar-refractivity contribution in [2.45, 2.75) is 4.90 Å². The van der Waals surface area contributed by atoms with Crippen LogP contribution in [0.2, 0.25) is 0 Å². The van der Waals surface area contributed by atoms with E-state index in [1.807, 2.05) is 0 Å². The Labute approximate surface area is 138 Å². The topological polar surface area (TPSA) is 94.2 Å². The second-order valence-electron chi connectivity index (χ2n) is 4.90. The van der Waals surface area contributed by atoms with Gasteiger partial charge in [0.1, 0.15) is 0 Å². The molecule has 1 aromatic carbocycles. The highest BCUT2D eigenvalue weighted by Gasteiger charge is 2.16. The predicted molar refractivity (Wildman–Crippen MR) is 87.2 cm³/mol. The molecule has 7 nitrogen and oxygen atoms in total. The van der Waals surface area contributed by atoms with Crippen LogP contribution >= 0.6 is 0 Å². The summed E-state index contributed by atoms with van der Waals surface area (Å²) in [5.74, 6) is -1.10. The molecule has 0 fully saturated rings. The van der Waals surface area contributed by atoms with Gasteiger partial charge in [0.15, 0.2) is 0 Å². The highest BCUT2D eigenvalue weighted by Crippen LogP contribution is 2.18. The number of hydrogen-bond donors (Lipinski definition) is 1. The lowest BCUT2D eigenvalue weighted by molar-refractivity contribution is -0.131. The number of aromatic nitrogens is 3. The minimum absolute atomic E-state index is 0.128. The van der Waals surface area contributed by atoms with Gasteiger partial charge in [-0.3, -0.25) is 0 Å². The molecule has 0 saturated heterocycles. The third kappa shape index (κ3) is 3.13. The molecule has 3 rings (SSSR count). The second-order valence-corrected chi connectivity index (χ2v) is 6.74. The number of aliphatic carboxylic acids is 1. The summed E-state index contributed by atoms with van der Waals surface area (Å²) in [6.07, 6.45) is 8.40. The van der Waals surface area contributed by atoms with Crippen molar-refractivity contribution in [1.29, 1.82) is 0 Å². The molecule has 0 radical (unpaired) electrons. The van der Waals surface area contributed by atoms with Gasteiger partial charge < -0.3 is 5.11 Å². The van der Waals surface area contributed by atoms with E-state index in [0.29, 0.717) is 5.56 Å². The minimum atomic E-state index is -3.74. The first-order valence-corrected chi connectivity index (χ1v) is 8.35. The van der Waals surface area contributed by atoms with Crippen molar-refractivity contribution in [2.24, 2.45) is 0 Å². The summed E-state index contributed by atoms with van der Waals surface area (Å²) in [5, 5.41) is 12.7. The lowest BCUT2D eigenvalue weighted by atomic mass is 10.3. The zero-order valence-corrected chi connectivity index (χ0v) is 13.2. The molecule has 0 unspecified atom stereocenters. The summed E-state index contributed by atoms with van der Waals surface area (Å²) >= 11 is 0. The maximum atomic E-state index is 12.6. The van der Waals surface area contributed by atoms with E-state index in [2.05, 4.69) is 5.10 Å². The van der Waals surface area contributed by atoms with Gasteiger partial charge in [0.2, 0.25) is 0 Å². The van der Waals surface area contributed by atoms with Crippen LogP contribution < -0.4 is 0 Å². The fourth-order valence-electron chi connectivity index (χ4n) is 2.12. The number of nitrogens with zero attached hydrogens (tertiary/aromatic N) is 3. The molecule has 0 saturated carbocycles. The van der Waals surface area contributed by atoms with Crippen molar-refractivity contribution >= 4 is 22.1 Å². The maximum Gasteiger partial charge on any atom is 0.328 e. The summed E-state index contributed by atoms with van der Waals surface area (Å²) in [6, 6.07) is 9.62. The smallest absolute Gasteiger partial charge is 0.328 e. The monoisotopic (exact) mass is 343 g/mol. The maximum absolute atomic E-state index is 12.6. The van der Waals surface area contributed by atoms with E-state index >= 15 is 0 Å². The van der Waals surface area contributed by atoms with E-state index in [0.717, 1.165) is 15.7 Å². The van der Waals surface area contributed by atoms with Crippen LogP contribution in [0.4, 0.5) is 0 Å². The Bertz CT molecular complexity index is 984. The van der Waals surface area contributed by atoms with E-state index in [-0.39, 0.29) is 4.90 Å². The third-order valence-electron chi connectivity index (χ3n) is 3.29. The molecule has 0 bridgehead atoms. The Balaban J connectivity index is 1.89. The van der Waals surface area contributed by atoms with Crippen LogP contribution in [0.1, 0.15) is 5.56 Å². The first kappa shape index (κ1) is 15.8. The average molecular weight is 343 g/mol. The Morgan fingerprint density at radius 2 is 1.88 bits per heavy atom. The minimum Gasteiger partial charge on any atom is -0.478 e. The molecule has 24 heavy (non-hydrogen) atoms. The van der Waals surface area contributed by atoms with Crippen molar-refractivity contribution in [2.75, 3.05) is 0 Å². The van der Waals surface area contributed by atoms with Crippen molar-refractivity contribution in [3.63, 3.8) is 0 Å². The van der Waals surface area contributed by atoms with Gasteiger partial charge in [0, 0.05) is 30.9 Å². The largest absolute Gasteiger partial charge is 0.478 e. The molecule has 122 valence electrons. The SMILES string of the molecule is O=C(O)C=Cc1ccn(S(=O)(=O)c2ccc(-n3cccn3)cc2)c1. The molecule has 2 heterocycles. The molecular formula is C16H13N3O4S. The van der Waals surface area contributed by atoms with Gasteiger partial charge in [-0.1, -0.05) is 0 Å². The van der Waals surface area contributed by atoms with Crippen molar-refractivity contribution in [3.05, 3.63) is 72.8 Å². The summed E-state index contributed by atoms with van der Waals surface area (Å²) < 4.78 is 27.8. The Kier molecular flexibility index (Phi) is 4.05. The van der Waals surface area contributed by atoms with Crippen LogP contribution in [0.3, 0.4) is 0 Å². The molecule has 0 amide bonds. The number of rotatable bonds is 5. The molecule has 0 aliphatic carbocycles. The van der Waals surface area contributed by atoms with E-state index in [9.17, 15) is 13.2 Å². The predicted octanol–water partition coefficient (Wildman–Crippen LogP) is 2.01. The molecule has 2 aromatic heterocycles. The number of carboxylic acid groups (broad SMARTS) is 1. The molecule has 3 aromatic rings. The Morgan fingerprint density at radius 1 is 1.12 bits per heavy atom. The van der Waals surface area contributed by atoms with Crippen LogP contribution in [0.25, 0.3) is 11.8 Å². The molecular weight excluding hydrogens is 330 g/mol. The summed E-state index contributed by atoms with van der Waals surface area (Å²) in [4.78, 5) is 10.6. The van der Waals surface area contributed by atoms with Crippen molar-refractivity contribution in [3.8, 4) is 5.69 Å². The zero-order chi connectivity index (χ0) is 17.2. The fraction of sp³-hybridized carbons (Fsp3) is 0. The van der Waals surface area contributed by atoms with Gasteiger partial charge >= 0.3 is 5.97 Å². The lowest BCUT2D eigenvalue weighted by Crippen LogP contribution is -2.11. The molecule has 0 spiro atoms. The number of carbonyl (C=O) groups is 1. The second kappa shape index (κ2) is 6.17. The van der Waals surface area contributed by atoms with Gasteiger partial charge in [0.25, 0.3) is 10.0 Å². The Hall–Kier alpha value is -3.13. The quantitative estimate of drug-likeness (QED) is 0.715. The van der Waals surface area contributed by atoms with Crippen LogP contribution in [-0.4, -0.2) is 33.2 Å².